The first kappa shape index (κ1) is 15.0. The predicted octanol–water partition coefficient (Wildman–Crippen LogP) is 2.82. The number of aliphatic hydroxyl groups excluding tert-OH is 1. The largest absolute Gasteiger partial charge is 0.393 e. The van der Waals surface area contributed by atoms with Gasteiger partial charge in [0.1, 0.15) is 5.82 Å². The molecule has 1 saturated carbocycles. The summed E-state index contributed by atoms with van der Waals surface area (Å²) in [5.74, 6) is 1.20. The van der Waals surface area contributed by atoms with Crippen molar-refractivity contribution in [3.05, 3.63) is 60.6 Å². The SMILES string of the molecule is OC1CC(C(Cc2ccccn2)Nc2cnc3ccccc3n2)C1. The molecule has 1 aliphatic rings. The highest BCUT2D eigenvalue weighted by molar-refractivity contribution is 5.75. The first-order valence-corrected chi connectivity index (χ1v) is 8.34. The zero-order valence-electron chi connectivity index (χ0n) is 13.3. The molecule has 0 saturated heterocycles. The van der Waals surface area contributed by atoms with Crippen LogP contribution in [0, 0.1) is 5.92 Å². The van der Waals surface area contributed by atoms with Crippen LogP contribution >= 0.6 is 0 Å². The highest BCUT2D eigenvalue weighted by Crippen LogP contribution is 2.33. The van der Waals surface area contributed by atoms with Gasteiger partial charge in [0.05, 0.1) is 23.3 Å². The van der Waals surface area contributed by atoms with Crippen LogP contribution in [0.1, 0.15) is 18.5 Å². The Bertz CT molecular complexity index is 818. The second kappa shape index (κ2) is 6.53. The minimum absolute atomic E-state index is 0.175. The van der Waals surface area contributed by atoms with Crippen molar-refractivity contribution < 1.29 is 5.11 Å². The Morgan fingerprint density at radius 1 is 1.04 bits per heavy atom. The highest BCUT2D eigenvalue weighted by Gasteiger charge is 2.34. The quantitative estimate of drug-likeness (QED) is 0.756. The van der Waals surface area contributed by atoms with Crippen LogP contribution in [0.5, 0.6) is 0 Å². The number of hydrogen-bond donors (Lipinski definition) is 2. The lowest BCUT2D eigenvalue weighted by molar-refractivity contribution is 0.0340. The summed E-state index contributed by atoms with van der Waals surface area (Å²) in [4.78, 5) is 13.6. The fourth-order valence-corrected chi connectivity index (χ4v) is 3.25. The van der Waals surface area contributed by atoms with E-state index in [2.05, 4.69) is 20.3 Å². The number of para-hydroxylation sites is 2. The van der Waals surface area contributed by atoms with E-state index in [0.717, 1.165) is 41.8 Å². The molecule has 1 unspecified atom stereocenters. The van der Waals surface area contributed by atoms with Gasteiger partial charge in [-0.2, -0.15) is 0 Å². The summed E-state index contributed by atoms with van der Waals surface area (Å²) in [5, 5.41) is 13.2. The van der Waals surface area contributed by atoms with Crippen molar-refractivity contribution in [3.8, 4) is 0 Å². The maximum atomic E-state index is 9.67. The number of nitrogens with one attached hydrogen (secondary N) is 1. The van der Waals surface area contributed by atoms with Crippen LogP contribution in [0.4, 0.5) is 5.82 Å². The van der Waals surface area contributed by atoms with Gasteiger partial charge in [-0.15, -0.1) is 0 Å². The van der Waals surface area contributed by atoms with Crippen molar-refractivity contribution in [2.24, 2.45) is 5.92 Å². The van der Waals surface area contributed by atoms with E-state index in [1.165, 1.54) is 0 Å². The van der Waals surface area contributed by atoms with Crippen molar-refractivity contribution in [1.29, 1.82) is 0 Å². The van der Waals surface area contributed by atoms with E-state index in [9.17, 15) is 5.11 Å². The smallest absolute Gasteiger partial charge is 0.145 e. The zero-order valence-corrected chi connectivity index (χ0v) is 13.3. The van der Waals surface area contributed by atoms with Crippen LogP contribution in [0.2, 0.25) is 0 Å². The summed E-state index contributed by atoms with van der Waals surface area (Å²) in [6, 6.07) is 14.0. The minimum atomic E-state index is -0.175. The molecule has 0 bridgehead atoms. The molecule has 2 N–H and O–H groups in total. The standard InChI is InChI=1S/C19H20N4O/c24-15-9-13(10-15)18(11-14-5-3-4-8-20-14)23-19-12-21-16-6-1-2-7-17(16)22-19/h1-8,12-13,15,18,24H,9-11H2,(H,22,23). The lowest BCUT2D eigenvalue weighted by Gasteiger charge is -2.38. The zero-order chi connectivity index (χ0) is 16.4. The molecule has 122 valence electrons. The van der Waals surface area contributed by atoms with Gasteiger partial charge in [0, 0.05) is 24.4 Å². The molecule has 4 rings (SSSR count). The van der Waals surface area contributed by atoms with Crippen LogP contribution < -0.4 is 5.32 Å². The number of rotatable bonds is 5. The maximum Gasteiger partial charge on any atom is 0.145 e. The van der Waals surface area contributed by atoms with Crippen LogP contribution in [0.25, 0.3) is 11.0 Å². The third-order valence-corrected chi connectivity index (χ3v) is 4.66. The summed E-state index contributed by atoms with van der Waals surface area (Å²) in [7, 11) is 0. The molecule has 2 heterocycles. The highest BCUT2D eigenvalue weighted by atomic mass is 16.3. The van der Waals surface area contributed by atoms with Gasteiger partial charge in [-0.05, 0) is 43.0 Å². The number of anilines is 1. The van der Waals surface area contributed by atoms with Crippen molar-refractivity contribution >= 4 is 16.9 Å². The van der Waals surface area contributed by atoms with Crippen LogP contribution in [0.3, 0.4) is 0 Å². The molecule has 0 spiro atoms. The van der Waals surface area contributed by atoms with Gasteiger partial charge in [-0.3, -0.25) is 9.97 Å². The van der Waals surface area contributed by atoms with Crippen LogP contribution in [0.15, 0.2) is 54.9 Å². The Balaban J connectivity index is 1.55. The van der Waals surface area contributed by atoms with E-state index in [4.69, 9.17) is 0 Å². The van der Waals surface area contributed by atoms with E-state index in [0.29, 0.717) is 5.92 Å². The predicted molar refractivity (Wildman–Crippen MR) is 93.6 cm³/mol. The normalized spacial score (nSPS) is 21.2. The van der Waals surface area contributed by atoms with Gasteiger partial charge >= 0.3 is 0 Å². The van der Waals surface area contributed by atoms with Crippen LogP contribution in [-0.4, -0.2) is 32.2 Å². The molecule has 24 heavy (non-hydrogen) atoms. The van der Waals surface area contributed by atoms with Gasteiger partial charge in [0.15, 0.2) is 0 Å². The number of pyridine rings is 1. The van der Waals surface area contributed by atoms with Gasteiger partial charge in [-0.1, -0.05) is 18.2 Å². The molecule has 5 nitrogen and oxygen atoms in total. The van der Waals surface area contributed by atoms with Crippen molar-refractivity contribution in [1.82, 2.24) is 15.0 Å². The summed E-state index contributed by atoms with van der Waals surface area (Å²) in [6.07, 6.45) is 5.88. The Hall–Kier alpha value is -2.53. The van der Waals surface area contributed by atoms with Gasteiger partial charge in [0.2, 0.25) is 0 Å². The summed E-state index contributed by atoms with van der Waals surface area (Å²) in [6.45, 7) is 0. The number of benzene rings is 1. The minimum Gasteiger partial charge on any atom is -0.393 e. The van der Waals surface area contributed by atoms with Crippen molar-refractivity contribution in [2.75, 3.05) is 5.32 Å². The van der Waals surface area contributed by atoms with E-state index in [-0.39, 0.29) is 12.1 Å². The Kier molecular flexibility index (Phi) is 4.09. The number of aromatic nitrogens is 3. The van der Waals surface area contributed by atoms with E-state index in [1.807, 2.05) is 48.7 Å². The molecule has 3 aromatic rings. The second-order valence-corrected chi connectivity index (χ2v) is 6.41. The molecular weight excluding hydrogens is 300 g/mol. The topological polar surface area (TPSA) is 70.9 Å². The van der Waals surface area contributed by atoms with Gasteiger partial charge in [-0.25, -0.2) is 4.98 Å². The fraction of sp³-hybridized carbons (Fsp3) is 0.316. The number of hydrogen-bond acceptors (Lipinski definition) is 5. The van der Waals surface area contributed by atoms with Crippen molar-refractivity contribution in [2.45, 2.75) is 31.4 Å². The average Bonchev–Trinajstić information content (AvgIpc) is 2.59. The molecule has 0 aliphatic heterocycles. The lowest BCUT2D eigenvalue weighted by atomic mass is 9.76. The molecule has 5 heteroatoms. The summed E-state index contributed by atoms with van der Waals surface area (Å²) < 4.78 is 0. The fourth-order valence-electron chi connectivity index (χ4n) is 3.25. The Labute approximate surface area is 140 Å². The monoisotopic (exact) mass is 320 g/mol. The number of fused-ring (bicyclic) bond motifs is 1. The summed E-state index contributed by atoms with van der Waals surface area (Å²) >= 11 is 0. The molecule has 1 atom stereocenters. The molecule has 1 fully saturated rings. The third-order valence-electron chi connectivity index (χ3n) is 4.66. The molecule has 1 aromatic carbocycles. The number of nitrogens with zero attached hydrogens (tertiary/aromatic N) is 3. The van der Waals surface area contributed by atoms with E-state index < -0.39 is 0 Å². The van der Waals surface area contributed by atoms with Gasteiger partial charge in [0.25, 0.3) is 0 Å². The average molecular weight is 320 g/mol. The second-order valence-electron chi connectivity index (χ2n) is 6.41. The van der Waals surface area contributed by atoms with Crippen LogP contribution in [-0.2, 0) is 6.42 Å². The lowest BCUT2D eigenvalue weighted by Crippen LogP contribution is -2.42. The van der Waals surface area contributed by atoms with E-state index in [1.54, 1.807) is 6.20 Å². The van der Waals surface area contributed by atoms with E-state index >= 15 is 0 Å². The Morgan fingerprint density at radius 2 is 1.83 bits per heavy atom. The first-order chi connectivity index (χ1) is 11.8. The maximum absolute atomic E-state index is 9.67. The molecule has 1 aliphatic carbocycles. The van der Waals surface area contributed by atoms with Crippen molar-refractivity contribution in [3.63, 3.8) is 0 Å². The first-order valence-electron chi connectivity index (χ1n) is 8.34. The Morgan fingerprint density at radius 3 is 2.58 bits per heavy atom. The molecular formula is C19H20N4O. The third kappa shape index (κ3) is 3.21. The van der Waals surface area contributed by atoms with Gasteiger partial charge < -0.3 is 10.4 Å². The summed E-state index contributed by atoms with van der Waals surface area (Å²) in [5.41, 5.74) is 2.82. The molecule has 0 amide bonds. The molecule has 2 aromatic heterocycles. The number of aliphatic hydroxyl groups is 1. The molecule has 0 radical (unpaired) electrons.